The topological polar surface area (TPSA) is 78.0 Å². The van der Waals surface area contributed by atoms with E-state index in [2.05, 4.69) is 10.5 Å². The molecule has 0 aliphatic heterocycles. The SMILES string of the molecule is COc1cc(C)c(C[NH+](C)CC(=O)Nc2cc(C)on2)cc1OC. The highest BCUT2D eigenvalue weighted by Gasteiger charge is 2.15. The van der Waals surface area contributed by atoms with Crippen molar-refractivity contribution < 1.29 is 23.7 Å². The first-order valence-electron chi connectivity index (χ1n) is 7.69. The van der Waals surface area contributed by atoms with Gasteiger partial charge in [-0.05, 0) is 31.5 Å². The molecule has 1 amide bonds. The van der Waals surface area contributed by atoms with Crippen LogP contribution >= 0.6 is 0 Å². The van der Waals surface area contributed by atoms with Crippen LogP contribution in [-0.4, -0.2) is 38.9 Å². The average Bonchev–Trinajstić information content (AvgIpc) is 2.93. The molecule has 1 aromatic heterocycles. The molecule has 1 heterocycles. The molecule has 1 atom stereocenters. The second kappa shape index (κ2) is 7.83. The Bertz CT molecular complexity index is 712. The van der Waals surface area contributed by atoms with Gasteiger partial charge in [-0.25, -0.2) is 0 Å². The van der Waals surface area contributed by atoms with E-state index in [9.17, 15) is 4.79 Å². The molecule has 7 heteroatoms. The van der Waals surface area contributed by atoms with Gasteiger partial charge in [0.25, 0.3) is 5.91 Å². The summed E-state index contributed by atoms with van der Waals surface area (Å²) in [7, 11) is 5.19. The predicted molar refractivity (Wildman–Crippen MR) is 89.6 cm³/mol. The predicted octanol–water partition coefficient (Wildman–Crippen LogP) is 0.962. The summed E-state index contributed by atoms with van der Waals surface area (Å²) < 4.78 is 15.6. The fourth-order valence-corrected chi connectivity index (χ4v) is 2.49. The van der Waals surface area contributed by atoms with Gasteiger partial charge in [0.15, 0.2) is 23.9 Å². The number of rotatable bonds is 7. The Morgan fingerprint density at radius 2 is 1.88 bits per heavy atom. The molecule has 0 saturated heterocycles. The van der Waals surface area contributed by atoms with Crippen molar-refractivity contribution >= 4 is 11.7 Å². The first-order valence-corrected chi connectivity index (χ1v) is 7.69. The average molecular weight is 334 g/mol. The second-order valence-corrected chi connectivity index (χ2v) is 5.82. The number of ether oxygens (including phenoxy) is 2. The van der Waals surface area contributed by atoms with Gasteiger partial charge in [-0.1, -0.05) is 5.16 Å². The van der Waals surface area contributed by atoms with Gasteiger partial charge in [-0.3, -0.25) is 4.79 Å². The van der Waals surface area contributed by atoms with Gasteiger partial charge in [-0.15, -0.1) is 0 Å². The van der Waals surface area contributed by atoms with Crippen LogP contribution in [0.5, 0.6) is 11.5 Å². The Morgan fingerprint density at radius 3 is 2.46 bits per heavy atom. The minimum Gasteiger partial charge on any atom is -0.493 e. The van der Waals surface area contributed by atoms with Crippen molar-refractivity contribution in [1.82, 2.24) is 5.16 Å². The maximum absolute atomic E-state index is 12.1. The summed E-state index contributed by atoms with van der Waals surface area (Å²) in [6.45, 7) is 4.81. The van der Waals surface area contributed by atoms with Gasteiger partial charge >= 0.3 is 0 Å². The summed E-state index contributed by atoms with van der Waals surface area (Å²) in [6.07, 6.45) is 0. The third kappa shape index (κ3) is 4.48. The summed E-state index contributed by atoms with van der Waals surface area (Å²) in [5.74, 6) is 2.38. The number of hydrogen-bond acceptors (Lipinski definition) is 5. The number of nitrogens with one attached hydrogen (secondary N) is 2. The lowest BCUT2D eigenvalue weighted by molar-refractivity contribution is -0.885. The van der Waals surface area contributed by atoms with E-state index in [0.29, 0.717) is 36.2 Å². The van der Waals surface area contributed by atoms with E-state index < -0.39 is 0 Å². The Labute approximate surface area is 141 Å². The van der Waals surface area contributed by atoms with E-state index in [4.69, 9.17) is 14.0 Å². The van der Waals surface area contributed by atoms with Gasteiger partial charge in [0.2, 0.25) is 0 Å². The zero-order chi connectivity index (χ0) is 17.7. The molecule has 0 bridgehead atoms. The molecule has 2 N–H and O–H groups in total. The number of methoxy groups -OCH3 is 2. The van der Waals surface area contributed by atoms with Crippen LogP contribution in [-0.2, 0) is 11.3 Å². The molecule has 0 spiro atoms. The molecular weight excluding hydrogens is 310 g/mol. The van der Waals surface area contributed by atoms with Crippen molar-refractivity contribution in [3.63, 3.8) is 0 Å². The van der Waals surface area contributed by atoms with Crippen LogP contribution in [0.4, 0.5) is 5.82 Å². The van der Waals surface area contributed by atoms with Gasteiger partial charge < -0.3 is 24.2 Å². The molecule has 2 aromatic rings. The van der Waals surface area contributed by atoms with Crippen LogP contribution in [0, 0.1) is 13.8 Å². The third-order valence-corrected chi connectivity index (χ3v) is 3.69. The van der Waals surface area contributed by atoms with Crippen molar-refractivity contribution in [3.8, 4) is 11.5 Å². The Balaban J connectivity index is 1.98. The Hall–Kier alpha value is -2.54. The molecule has 2 rings (SSSR count). The maximum atomic E-state index is 12.1. The molecule has 0 aliphatic carbocycles. The van der Waals surface area contributed by atoms with E-state index in [0.717, 1.165) is 16.0 Å². The number of benzene rings is 1. The summed E-state index contributed by atoms with van der Waals surface area (Å²) in [4.78, 5) is 13.1. The quantitative estimate of drug-likeness (QED) is 0.789. The lowest BCUT2D eigenvalue weighted by Crippen LogP contribution is -3.08. The van der Waals surface area contributed by atoms with Crippen LogP contribution in [0.25, 0.3) is 0 Å². The first kappa shape index (κ1) is 17.8. The van der Waals surface area contributed by atoms with Crippen LogP contribution in [0.1, 0.15) is 16.9 Å². The van der Waals surface area contributed by atoms with Gasteiger partial charge in [0, 0.05) is 11.6 Å². The zero-order valence-electron chi connectivity index (χ0n) is 14.7. The van der Waals surface area contributed by atoms with Gasteiger partial charge in [0.1, 0.15) is 12.3 Å². The number of hydrogen-bond donors (Lipinski definition) is 2. The number of nitrogens with zero attached hydrogens (tertiary/aromatic N) is 1. The molecule has 0 saturated carbocycles. The zero-order valence-corrected chi connectivity index (χ0v) is 14.7. The molecule has 1 unspecified atom stereocenters. The largest absolute Gasteiger partial charge is 0.493 e. The smallest absolute Gasteiger partial charge is 0.280 e. The summed E-state index contributed by atoms with van der Waals surface area (Å²) >= 11 is 0. The van der Waals surface area contributed by atoms with Crippen LogP contribution in [0.15, 0.2) is 22.7 Å². The number of likely N-dealkylation sites (N-methyl/N-ethyl adjacent to an activating group) is 1. The molecule has 130 valence electrons. The van der Waals surface area contributed by atoms with E-state index >= 15 is 0 Å². The Morgan fingerprint density at radius 1 is 1.21 bits per heavy atom. The number of amides is 1. The van der Waals surface area contributed by atoms with Crippen LogP contribution in [0.2, 0.25) is 0 Å². The number of anilines is 1. The van der Waals surface area contributed by atoms with Gasteiger partial charge in [0.05, 0.1) is 21.3 Å². The summed E-state index contributed by atoms with van der Waals surface area (Å²) in [5.41, 5.74) is 2.20. The van der Waals surface area contributed by atoms with E-state index in [1.807, 2.05) is 26.1 Å². The lowest BCUT2D eigenvalue weighted by Gasteiger charge is -2.17. The van der Waals surface area contributed by atoms with Crippen molar-refractivity contribution in [3.05, 3.63) is 35.1 Å². The monoisotopic (exact) mass is 334 g/mol. The minimum absolute atomic E-state index is 0.112. The van der Waals surface area contributed by atoms with Crippen molar-refractivity contribution in [2.24, 2.45) is 0 Å². The van der Waals surface area contributed by atoms with Gasteiger partial charge in [-0.2, -0.15) is 0 Å². The highest BCUT2D eigenvalue weighted by molar-refractivity contribution is 5.90. The number of aromatic nitrogens is 1. The second-order valence-electron chi connectivity index (χ2n) is 5.82. The molecular formula is C17H24N3O4+. The molecule has 7 nitrogen and oxygen atoms in total. The highest BCUT2D eigenvalue weighted by Crippen LogP contribution is 2.29. The van der Waals surface area contributed by atoms with E-state index in [-0.39, 0.29) is 5.91 Å². The molecule has 24 heavy (non-hydrogen) atoms. The number of quaternary nitrogens is 1. The number of aryl methyl sites for hydroxylation is 2. The minimum atomic E-state index is -0.112. The Kier molecular flexibility index (Phi) is 5.81. The lowest BCUT2D eigenvalue weighted by atomic mass is 10.1. The van der Waals surface area contributed by atoms with Crippen molar-refractivity contribution in [2.45, 2.75) is 20.4 Å². The third-order valence-electron chi connectivity index (χ3n) is 3.69. The van der Waals surface area contributed by atoms with Crippen molar-refractivity contribution in [1.29, 1.82) is 0 Å². The summed E-state index contributed by atoms with van der Waals surface area (Å²) in [5, 5.41) is 6.48. The molecule has 1 aromatic carbocycles. The fourth-order valence-electron chi connectivity index (χ4n) is 2.49. The highest BCUT2D eigenvalue weighted by atomic mass is 16.5. The summed E-state index contributed by atoms with van der Waals surface area (Å²) in [6, 6.07) is 5.59. The first-order chi connectivity index (χ1) is 11.4. The van der Waals surface area contributed by atoms with Crippen molar-refractivity contribution in [2.75, 3.05) is 33.1 Å². The normalized spacial score (nSPS) is 11.9. The molecule has 0 radical (unpaired) electrons. The number of carbonyl (C=O) groups excluding carboxylic acids is 1. The van der Waals surface area contributed by atoms with E-state index in [1.165, 1.54) is 0 Å². The van der Waals surface area contributed by atoms with E-state index in [1.54, 1.807) is 27.2 Å². The number of carbonyl (C=O) groups is 1. The maximum Gasteiger partial charge on any atom is 0.280 e. The molecule has 0 aliphatic rings. The van der Waals surface area contributed by atoms with Crippen LogP contribution < -0.4 is 19.7 Å². The fraction of sp³-hybridized carbons (Fsp3) is 0.412. The standard InChI is InChI=1S/C17H23N3O4/c1-11-6-14(22-4)15(23-5)8-13(11)9-20(3)10-17(21)18-16-7-12(2)24-19-16/h6-8H,9-10H2,1-5H3,(H,18,19,21)/p+1. The van der Waals surface area contributed by atoms with Crippen LogP contribution in [0.3, 0.4) is 0 Å². The molecule has 0 fully saturated rings.